The van der Waals surface area contributed by atoms with Crippen LogP contribution < -0.4 is 11.5 Å². The van der Waals surface area contributed by atoms with Crippen LogP contribution in [0.2, 0.25) is 0 Å². The lowest BCUT2D eigenvalue weighted by molar-refractivity contribution is -0.128. The van der Waals surface area contributed by atoms with E-state index in [1.165, 1.54) is 19.3 Å². The van der Waals surface area contributed by atoms with Gasteiger partial charge < -0.3 is 11.5 Å². The molecular weight excluding hydrogens is 188 g/mol. The summed E-state index contributed by atoms with van der Waals surface area (Å²) in [5.74, 6) is 2.19. The molecule has 3 nitrogen and oxygen atoms in total. The summed E-state index contributed by atoms with van der Waals surface area (Å²) < 4.78 is 0. The molecule has 0 aromatic heterocycles. The van der Waals surface area contributed by atoms with E-state index < -0.39 is 0 Å². The topological polar surface area (TPSA) is 69.1 Å². The van der Waals surface area contributed by atoms with E-state index in [1.807, 2.05) is 0 Å². The van der Waals surface area contributed by atoms with Crippen LogP contribution >= 0.6 is 0 Å². The lowest BCUT2D eigenvalue weighted by Crippen LogP contribution is -2.60. The van der Waals surface area contributed by atoms with Crippen LogP contribution in [0.1, 0.15) is 38.5 Å². The molecule has 84 valence electrons. The SMILES string of the molecule is NC(=O)CC12CC3CC(CC(C3)C1N)C2. The molecule has 15 heavy (non-hydrogen) atoms. The molecule has 4 saturated carbocycles. The summed E-state index contributed by atoms with van der Waals surface area (Å²) in [6.45, 7) is 0. The first-order valence-electron chi connectivity index (χ1n) is 6.13. The number of hydrogen-bond acceptors (Lipinski definition) is 2. The average molecular weight is 208 g/mol. The van der Waals surface area contributed by atoms with Gasteiger partial charge in [0, 0.05) is 12.5 Å². The van der Waals surface area contributed by atoms with Crippen molar-refractivity contribution < 1.29 is 4.79 Å². The first-order chi connectivity index (χ1) is 7.09. The predicted molar refractivity (Wildman–Crippen MR) is 57.8 cm³/mol. The number of primary amides is 1. The minimum atomic E-state index is -0.160. The molecule has 0 radical (unpaired) electrons. The molecule has 4 fully saturated rings. The van der Waals surface area contributed by atoms with Crippen molar-refractivity contribution >= 4 is 5.91 Å². The van der Waals surface area contributed by atoms with Gasteiger partial charge in [-0.05, 0) is 55.3 Å². The van der Waals surface area contributed by atoms with Gasteiger partial charge in [-0.2, -0.15) is 0 Å². The van der Waals surface area contributed by atoms with Gasteiger partial charge >= 0.3 is 0 Å². The van der Waals surface area contributed by atoms with Crippen LogP contribution in [-0.4, -0.2) is 11.9 Å². The Morgan fingerprint density at radius 2 is 1.80 bits per heavy atom. The lowest BCUT2D eigenvalue weighted by atomic mass is 9.46. The summed E-state index contributed by atoms with van der Waals surface area (Å²) in [5.41, 5.74) is 11.8. The van der Waals surface area contributed by atoms with E-state index in [4.69, 9.17) is 11.5 Å². The van der Waals surface area contributed by atoms with Gasteiger partial charge in [0.15, 0.2) is 0 Å². The van der Waals surface area contributed by atoms with Gasteiger partial charge in [-0.3, -0.25) is 4.79 Å². The molecule has 0 heterocycles. The molecule has 4 rings (SSSR count). The third-order valence-electron chi connectivity index (χ3n) is 5.07. The largest absolute Gasteiger partial charge is 0.370 e. The maximum absolute atomic E-state index is 11.2. The van der Waals surface area contributed by atoms with Gasteiger partial charge in [-0.15, -0.1) is 0 Å². The highest BCUT2D eigenvalue weighted by atomic mass is 16.1. The highest BCUT2D eigenvalue weighted by molar-refractivity contribution is 5.74. The summed E-state index contributed by atoms with van der Waals surface area (Å²) >= 11 is 0. The van der Waals surface area contributed by atoms with Crippen LogP contribution in [0.3, 0.4) is 0 Å². The monoisotopic (exact) mass is 208 g/mol. The standard InChI is InChI=1S/C12H20N2O/c13-10(15)6-12-4-7-1-8(5-12)3-9(2-7)11(12)14/h7-9,11H,1-6,14H2,(H2,13,15). The average Bonchev–Trinajstić information content (AvgIpc) is 2.11. The maximum atomic E-state index is 11.2. The van der Waals surface area contributed by atoms with Gasteiger partial charge in [0.05, 0.1) is 0 Å². The van der Waals surface area contributed by atoms with Crippen molar-refractivity contribution in [2.45, 2.75) is 44.6 Å². The summed E-state index contributed by atoms with van der Waals surface area (Å²) in [4.78, 5) is 11.2. The molecule has 0 spiro atoms. The molecule has 0 aromatic rings. The Bertz CT molecular complexity index is 288. The van der Waals surface area contributed by atoms with Gasteiger partial charge in [0.2, 0.25) is 5.91 Å². The number of hydrogen-bond donors (Lipinski definition) is 2. The fourth-order valence-electron chi connectivity index (χ4n) is 4.86. The summed E-state index contributed by atoms with van der Waals surface area (Å²) in [5, 5.41) is 0. The lowest BCUT2D eigenvalue weighted by Gasteiger charge is -2.60. The van der Waals surface area contributed by atoms with Crippen molar-refractivity contribution in [2.75, 3.05) is 0 Å². The molecule has 0 aliphatic heterocycles. The number of amides is 1. The second-order valence-corrected chi connectivity index (χ2v) is 6.14. The van der Waals surface area contributed by atoms with Crippen molar-refractivity contribution in [1.29, 1.82) is 0 Å². The minimum Gasteiger partial charge on any atom is -0.370 e. The molecule has 0 saturated heterocycles. The Morgan fingerprint density at radius 1 is 1.20 bits per heavy atom. The number of rotatable bonds is 2. The van der Waals surface area contributed by atoms with E-state index in [2.05, 4.69) is 0 Å². The van der Waals surface area contributed by atoms with Crippen LogP contribution in [0.15, 0.2) is 0 Å². The normalized spacial score (nSPS) is 52.1. The van der Waals surface area contributed by atoms with E-state index >= 15 is 0 Å². The molecule has 4 aliphatic rings. The van der Waals surface area contributed by atoms with E-state index in [9.17, 15) is 4.79 Å². The Labute approximate surface area is 90.6 Å². The maximum Gasteiger partial charge on any atom is 0.218 e. The van der Waals surface area contributed by atoms with Gasteiger partial charge in [0.25, 0.3) is 0 Å². The van der Waals surface area contributed by atoms with Crippen molar-refractivity contribution in [3.8, 4) is 0 Å². The molecular formula is C12H20N2O. The highest BCUT2D eigenvalue weighted by Gasteiger charge is 2.55. The fourth-order valence-corrected chi connectivity index (χ4v) is 4.86. The van der Waals surface area contributed by atoms with Crippen LogP contribution in [-0.2, 0) is 4.79 Å². The predicted octanol–water partition coefficient (Wildman–Crippen LogP) is 1.02. The van der Waals surface area contributed by atoms with Gasteiger partial charge in [-0.1, -0.05) is 0 Å². The molecule has 3 heteroatoms. The van der Waals surface area contributed by atoms with Gasteiger partial charge in [-0.25, -0.2) is 0 Å². The summed E-state index contributed by atoms with van der Waals surface area (Å²) in [7, 11) is 0. The molecule has 1 amide bonds. The number of nitrogens with two attached hydrogens (primary N) is 2. The van der Waals surface area contributed by atoms with E-state index in [0.29, 0.717) is 12.3 Å². The molecule has 4 bridgehead atoms. The molecule has 4 N–H and O–H groups in total. The van der Waals surface area contributed by atoms with Crippen molar-refractivity contribution in [3.63, 3.8) is 0 Å². The molecule has 0 aromatic carbocycles. The second-order valence-electron chi connectivity index (χ2n) is 6.14. The van der Waals surface area contributed by atoms with E-state index in [-0.39, 0.29) is 17.4 Å². The highest BCUT2D eigenvalue weighted by Crippen LogP contribution is 2.60. The number of carbonyl (C=O) groups is 1. The quantitative estimate of drug-likeness (QED) is 0.711. The van der Waals surface area contributed by atoms with Crippen LogP contribution in [0, 0.1) is 23.2 Å². The zero-order valence-corrected chi connectivity index (χ0v) is 9.11. The van der Waals surface area contributed by atoms with Crippen LogP contribution in [0.5, 0.6) is 0 Å². The van der Waals surface area contributed by atoms with Crippen LogP contribution in [0.4, 0.5) is 0 Å². The molecule has 3 atom stereocenters. The zero-order chi connectivity index (χ0) is 10.6. The summed E-state index contributed by atoms with van der Waals surface area (Å²) in [6, 6.07) is 0.234. The Hall–Kier alpha value is -0.570. The fraction of sp³-hybridized carbons (Fsp3) is 0.917. The van der Waals surface area contributed by atoms with Crippen LogP contribution in [0.25, 0.3) is 0 Å². The zero-order valence-electron chi connectivity index (χ0n) is 9.11. The number of carbonyl (C=O) groups excluding carboxylic acids is 1. The van der Waals surface area contributed by atoms with E-state index in [1.54, 1.807) is 0 Å². The first-order valence-corrected chi connectivity index (χ1v) is 6.13. The Kier molecular flexibility index (Phi) is 1.91. The third-order valence-corrected chi connectivity index (χ3v) is 5.07. The molecule has 3 unspecified atom stereocenters. The third kappa shape index (κ3) is 1.32. The minimum absolute atomic E-state index is 0.0839. The van der Waals surface area contributed by atoms with Crippen molar-refractivity contribution in [3.05, 3.63) is 0 Å². The second kappa shape index (κ2) is 2.97. The Balaban J connectivity index is 1.90. The molecule has 4 aliphatic carbocycles. The van der Waals surface area contributed by atoms with E-state index in [0.717, 1.165) is 24.7 Å². The smallest absolute Gasteiger partial charge is 0.218 e. The van der Waals surface area contributed by atoms with Gasteiger partial charge in [0.1, 0.15) is 0 Å². The first kappa shape index (κ1) is 9.64. The summed E-state index contributed by atoms with van der Waals surface area (Å²) in [6.07, 6.45) is 6.83. The van der Waals surface area contributed by atoms with Crippen molar-refractivity contribution in [2.24, 2.45) is 34.6 Å². The van der Waals surface area contributed by atoms with Crippen molar-refractivity contribution in [1.82, 2.24) is 0 Å². The Morgan fingerprint density at radius 3 is 2.33 bits per heavy atom.